The van der Waals surface area contributed by atoms with Gasteiger partial charge in [-0.1, -0.05) is 45.0 Å². The van der Waals surface area contributed by atoms with Gasteiger partial charge in [0.05, 0.1) is 13.2 Å². The maximum absolute atomic E-state index is 13.3. The molecule has 0 saturated carbocycles. The first-order chi connectivity index (χ1) is 14.4. The number of carbonyl (C=O) groups excluding carboxylic acids is 1. The van der Waals surface area contributed by atoms with Gasteiger partial charge in [-0.15, -0.1) is 0 Å². The number of benzene rings is 2. The second-order valence-electron chi connectivity index (χ2n) is 8.75. The lowest BCUT2D eigenvalue weighted by Crippen LogP contribution is -2.44. The number of rotatable bonds is 3. The molecule has 2 heterocycles. The van der Waals surface area contributed by atoms with Crippen LogP contribution in [0.4, 0.5) is 10.5 Å². The van der Waals surface area contributed by atoms with Crippen molar-refractivity contribution in [2.75, 3.05) is 19.0 Å². The highest BCUT2D eigenvalue weighted by molar-refractivity contribution is 5.90. The Hall–Kier alpha value is -3.21. The molecule has 3 aromatic rings. The number of fused-ring (bicyclic) bond motifs is 1. The topological polar surface area (TPSA) is 46.5 Å². The highest BCUT2D eigenvalue weighted by Crippen LogP contribution is 2.34. The van der Waals surface area contributed by atoms with E-state index in [1.807, 2.05) is 47.4 Å². The van der Waals surface area contributed by atoms with E-state index in [0.717, 1.165) is 29.2 Å². The first-order valence-electron chi connectivity index (χ1n) is 10.3. The standard InChI is InChI=1S/C25H29N3O2/c1-25(2,3)19-9-11-20(12-10-19)26-24(29)28-17-16-27-15-5-6-22(27)23(28)18-7-13-21(30-4)14-8-18/h5-15,23H,16-17H2,1-4H3,(H,26,29)/t23-/m0/s1. The van der Waals surface area contributed by atoms with Crippen LogP contribution in [0.25, 0.3) is 0 Å². The lowest BCUT2D eigenvalue weighted by Gasteiger charge is -2.37. The van der Waals surface area contributed by atoms with Crippen molar-refractivity contribution >= 4 is 11.7 Å². The zero-order valence-electron chi connectivity index (χ0n) is 18.1. The molecule has 2 amide bonds. The van der Waals surface area contributed by atoms with Gasteiger partial charge in [-0.3, -0.25) is 0 Å². The number of nitrogens with one attached hydrogen (secondary N) is 1. The van der Waals surface area contributed by atoms with E-state index < -0.39 is 0 Å². The summed E-state index contributed by atoms with van der Waals surface area (Å²) in [6, 6.07) is 20.0. The van der Waals surface area contributed by atoms with E-state index >= 15 is 0 Å². The molecule has 5 heteroatoms. The fourth-order valence-corrected chi connectivity index (χ4v) is 3.99. The molecule has 0 spiro atoms. The van der Waals surface area contributed by atoms with Crippen molar-refractivity contribution in [1.82, 2.24) is 9.47 Å². The molecule has 1 aromatic heterocycles. The number of aromatic nitrogens is 1. The number of methoxy groups -OCH3 is 1. The minimum absolute atomic E-state index is 0.0836. The van der Waals surface area contributed by atoms with Crippen LogP contribution in [-0.2, 0) is 12.0 Å². The summed E-state index contributed by atoms with van der Waals surface area (Å²) in [7, 11) is 1.66. The SMILES string of the molecule is COc1ccc([C@H]2c3cccn3CCN2C(=O)Nc2ccc(C(C)(C)C)cc2)cc1. The van der Waals surface area contributed by atoms with Crippen LogP contribution in [0, 0.1) is 0 Å². The first-order valence-corrected chi connectivity index (χ1v) is 10.3. The van der Waals surface area contributed by atoms with Crippen molar-refractivity contribution in [3.05, 3.63) is 83.7 Å². The van der Waals surface area contributed by atoms with Gasteiger partial charge >= 0.3 is 6.03 Å². The third-order valence-electron chi connectivity index (χ3n) is 5.73. The van der Waals surface area contributed by atoms with Gasteiger partial charge in [0.15, 0.2) is 0 Å². The molecule has 1 N–H and O–H groups in total. The molecule has 0 bridgehead atoms. The van der Waals surface area contributed by atoms with Gasteiger partial charge in [-0.25, -0.2) is 4.79 Å². The Morgan fingerprint density at radius 3 is 2.33 bits per heavy atom. The summed E-state index contributed by atoms with van der Waals surface area (Å²) in [4.78, 5) is 15.2. The van der Waals surface area contributed by atoms with Crippen LogP contribution in [0.2, 0.25) is 0 Å². The fraction of sp³-hybridized carbons (Fsp3) is 0.320. The monoisotopic (exact) mass is 403 g/mol. The minimum atomic E-state index is -0.145. The summed E-state index contributed by atoms with van der Waals surface area (Å²) >= 11 is 0. The van der Waals surface area contributed by atoms with Crippen LogP contribution in [-0.4, -0.2) is 29.2 Å². The van der Waals surface area contributed by atoms with Crippen molar-refractivity contribution in [1.29, 1.82) is 0 Å². The number of carbonyl (C=O) groups is 1. The highest BCUT2D eigenvalue weighted by atomic mass is 16.5. The molecule has 4 rings (SSSR count). The molecule has 0 unspecified atom stereocenters. The Bertz CT molecular complexity index is 1010. The van der Waals surface area contributed by atoms with Gasteiger partial charge in [-0.05, 0) is 52.9 Å². The number of anilines is 1. The van der Waals surface area contributed by atoms with E-state index in [4.69, 9.17) is 4.74 Å². The predicted octanol–water partition coefficient (Wildman–Crippen LogP) is 5.43. The number of ether oxygens (including phenoxy) is 1. The molecule has 2 aromatic carbocycles. The van der Waals surface area contributed by atoms with Crippen LogP contribution < -0.4 is 10.1 Å². The summed E-state index contributed by atoms with van der Waals surface area (Å²) in [6.45, 7) is 7.98. The van der Waals surface area contributed by atoms with Gasteiger partial charge in [0.25, 0.3) is 0 Å². The Morgan fingerprint density at radius 2 is 1.70 bits per heavy atom. The van der Waals surface area contributed by atoms with Crippen LogP contribution in [0.5, 0.6) is 5.75 Å². The van der Waals surface area contributed by atoms with Crippen molar-refractivity contribution < 1.29 is 9.53 Å². The first kappa shape index (κ1) is 20.1. The maximum Gasteiger partial charge on any atom is 0.322 e. The molecule has 1 aliphatic rings. The lowest BCUT2D eigenvalue weighted by molar-refractivity contribution is 0.182. The van der Waals surface area contributed by atoms with Gasteiger partial charge in [0.1, 0.15) is 5.75 Å². The molecule has 5 nitrogen and oxygen atoms in total. The largest absolute Gasteiger partial charge is 0.497 e. The molecule has 0 aliphatic carbocycles. The molecule has 1 atom stereocenters. The van der Waals surface area contributed by atoms with Crippen molar-refractivity contribution in [3.63, 3.8) is 0 Å². The van der Waals surface area contributed by atoms with E-state index in [9.17, 15) is 4.79 Å². The number of hydrogen-bond donors (Lipinski definition) is 1. The zero-order valence-corrected chi connectivity index (χ0v) is 18.1. The summed E-state index contributed by atoms with van der Waals surface area (Å²) in [5, 5.41) is 3.09. The second kappa shape index (κ2) is 7.90. The average Bonchev–Trinajstić information content (AvgIpc) is 3.21. The fourth-order valence-electron chi connectivity index (χ4n) is 3.99. The van der Waals surface area contributed by atoms with Crippen molar-refractivity contribution in [2.24, 2.45) is 0 Å². The second-order valence-corrected chi connectivity index (χ2v) is 8.75. The molecular weight excluding hydrogens is 374 g/mol. The third kappa shape index (κ3) is 3.92. The van der Waals surface area contributed by atoms with E-state index in [0.29, 0.717) is 6.54 Å². The highest BCUT2D eigenvalue weighted by Gasteiger charge is 2.32. The summed E-state index contributed by atoms with van der Waals surface area (Å²) in [6.07, 6.45) is 2.08. The minimum Gasteiger partial charge on any atom is -0.497 e. The molecule has 0 radical (unpaired) electrons. The number of nitrogens with zero attached hydrogens (tertiary/aromatic N) is 2. The van der Waals surface area contributed by atoms with Crippen LogP contribution in [0.15, 0.2) is 66.9 Å². The maximum atomic E-state index is 13.3. The Kier molecular flexibility index (Phi) is 5.29. The van der Waals surface area contributed by atoms with Gasteiger partial charge < -0.3 is 19.5 Å². The van der Waals surface area contributed by atoms with E-state index in [1.165, 1.54) is 5.56 Å². The number of urea groups is 1. The molecule has 30 heavy (non-hydrogen) atoms. The molecule has 0 fully saturated rings. The van der Waals surface area contributed by atoms with Gasteiger partial charge in [0, 0.05) is 30.7 Å². The van der Waals surface area contributed by atoms with E-state index in [-0.39, 0.29) is 17.5 Å². The van der Waals surface area contributed by atoms with Crippen LogP contribution in [0.3, 0.4) is 0 Å². The van der Waals surface area contributed by atoms with Gasteiger partial charge in [0.2, 0.25) is 0 Å². The number of hydrogen-bond acceptors (Lipinski definition) is 2. The van der Waals surface area contributed by atoms with Gasteiger partial charge in [-0.2, -0.15) is 0 Å². The molecular formula is C25H29N3O2. The number of amides is 2. The van der Waals surface area contributed by atoms with Crippen molar-refractivity contribution in [3.8, 4) is 5.75 Å². The summed E-state index contributed by atoms with van der Waals surface area (Å²) < 4.78 is 7.52. The predicted molar refractivity (Wildman–Crippen MR) is 120 cm³/mol. The van der Waals surface area contributed by atoms with E-state index in [2.05, 4.69) is 55.1 Å². The van der Waals surface area contributed by atoms with Crippen LogP contribution in [0.1, 0.15) is 43.6 Å². The smallest absolute Gasteiger partial charge is 0.322 e. The Balaban J connectivity index is 1.60. The average molecular weight is 404 g/mol. The quantitative estimate of drug-likeness (QED) is 0.634. The van der Waals surface area contributed by atoms with E-state index in [1.54, 1.807) is 7.11 Å². The molecule has 0 saturated heterocycles. The normalized spacial score (nSPS) is 16.1. The van der Waals surface area contributed by atoms with Crippen LogP contribution >= 0.6 is 0 Å². The zero-order chi connectivity index (χ0) is 21.3. The Labute approximate surface area is 178 Å². The third-order valence-corrected chi connectivity index (χ3v) is 5.73. The molecule has 156 valence electrons. The summed E-state index contributed by atoms with van der Waals surface area (Å²) in [5.74, 6) is 0.805. The van der Waals surface area contributed by atoms with Crippen molar-refractivity contribution in [2.45, 2.75) is 38.8 Å². The lowest BCUT2D eigenvalue weighted by atomic mass is 9.87. The Morgan fingerprint density at radius 1 is 1.00 bits per heavy atom. The summed E-state index contributed by atoms with van der Waals surface area (Å²) in [5.41, 5.74) is 4.31. The molecule has 1 aliphatic heterocycles.